The predicted molar refractivity (Wildman–Crippen MR) is 84.1 cm³/mol. The van der Waals surface area contributed by atoms with Gasteiger partial charge >= 0.3 is 0 Å². The number of carbonyl (C=O) groups excluding carboxylic acids is 1. The van der Waals surface area contributed by atoms with Gasteiger partial charge in [0.25, 0.3) is 5.91 Å². The van der Waals surface area contributed by atoms with Crippen LogP contribution in [0.25, 0.3) is 0 Å². The molecule has 2 unspecified atom stereocenters. The van der Waals surface area contributed by atoms with Crippen molar-refractivity contribution in [2.45, 2.75) is 32.9 Å². The van der Waals surface area contributed by atoms with Crippen LogP contribution in [-0.4, -0.2) is 36.0 Å². The van der Waals surface area contributed by atoms with Crippen LogP contribution in [0, 0.1) is 6.92 Å². The standard InChI is InChI=1S/C14H19BrN2O.ClH/c1-9-6-12(4-5-13(9)15)14(18)17-7-10(2)16-11(3)8-17;/h4-6,10-11,16H,7-8H2,1-3H3;1H. The van der Waals surface area contributed by atoms with Crippen molar-refractivity contribution in [3.8, 4) is 0 Å². The van der Waals surface area contributed by atoms with E-state index in [9.17, 15) is 4.79 Å². The van der Waals surface area contributed by atoms with Crippen molar-refractivity contribution < 1.29 is 4.79 Å². The highest BCUT2D eigenvalue weighted by Gasteiger charge is 2.25. The first-order valence-electron chi connectivity index (χ1n) is 6.29. The molecule has 1 aliphatic heterocycles. The molecular formula is C14H20BrClN2O. The molecule has 1 fully saturated rings. The summed E-state index contributed by atoms with van der Waals surface area (Å²) in [4.78, 5) is 14.4. The molecule has 0 radical (unpaired) electrons. The first kappa shape index (κ1) is 16.5. The fraction of sp³-hybridized carbons (Fsp3) is 0.500. The van der Waals surface area contributed by atoms with Crippen molar-refractivity contribution >= 4 is 34.2 Å². The molecule has 1 aromatic carbocycles. The Hall–Kier alpha value is -0.580. The van der Waals surface area contributed by atoms with Gasteiger partial charge in [0.1, 0.15) is 0 Å². The summed E-state index contributed by atoms with van der Waals surface area (Å²) >= 11 is 3.46. The van der Waals surface area contributed by atoms with Crippen molar-refractivity contribution in [1.82, 2.24) is 10.2 Å². The number of hydrogen-bond acceptors (Lipinski definition) is 2. The van der Waals surface area contributed by atoms with E-state index in [1.165, 1.54) is 0 Å². The summed E-state index contributed by atoms with van der Waals surface area (Å²) in [5.41, 5.74) is 1.87. The number of amides is 1. The van der Waals surface area contributed by atoms with Crippen LogP contribution in [-0.2, 0) is 0 Å². The Morgan fingerprint density at radius 2 is 1.89 bits per heavy atom. The van der Waals surface area contributed by atoms with Gasteiger partial charge in [-0.25, -0.2) is 0 Å². The molecule has 5 heteroatoms. The van der Waals surface area contributed by atoms with Gasteiger partial charge in [-0.1, -0.05) is 15.9 Å². The molecule has 0 bridgehead atoms. The zero-order valence-corrected chi connectivity index (χ0v) is 13.8. The van der Waals surface area contributed by atoms with Crippen molar-refractivity contribution in [2.24, 2.45) is 0 Å². The third kappa shape index (κ3) is 3.94. The number of hydrogen-bond donors (Lipinski definition) is 1. The van der Waals surface area contributed by atoms with Crippen molar-refractivity contribution in [3.63, 3.8) is 0 Å². The quantitative estimate of drug-likeness (QED) is 0.847. The summed E-state index contributed by atoms with van der Waals surface area (Å²) in [5, 5.41) is 3.43. The van der Waals surface area contributed by atoms with Crippen molar-refractivity contribution in [2.75, 3.05) is 13.1 Å². The van der Waals surface area contributed by atoms with Crippen LogP contribution < -0.4 is 5.32 Å². The van der Waals surface area contributed by atoms with Gasteiger partial charge in [-0.3, -0.25) is 4.79 Å². The summed E-state index contributed by atoms with van der Waals surface area (Å²) in [6.45, 7) is 7.78. The summed E-state index contributed by atoms with van der Waals surface area (Å²) in [6, 6.07) is 6.49. The molecule has 1 heterocycles. The van der Waals surface area contributed by atoms with Crippen LogP contribution in [0.2, 0.25) is 0 Å². The smallest absolute Gasteiger partial charge is 0.253 e. The molecular weight excluding hydrogens is 328 g/mol. The first-order valence-corrected chi connectivity index (χ1v) is 7.08. The Balaban J connectivity index is 0.00000180. The normalized spacial score (nSPS) is 22.8. The van der Waals surface area contributed by atoms with Crippen LogP contribution >= 0.6 is 28.3 Å². The highest BCUT2D eigenvalue weighted by atomic mass is 79.9. The molecule has 1 aromatic rings. The van der Waals surface area contributed by atoms with E-state index < -0.39 is 0 Å². The second-order valence-electron chi connectivity index (χ2n) is 5.14. The zero-order chi connectivity index (χ0) is 13.3. The predicted octanol–water partition coefficient (Wildman–Crippen LogP) is 3.00. The topological polar surface area (TPSA) is 32.3 Å². The number of carbonyl (C=O) groups is 1. The Bertz CT molecular complexity index is 457. The Morgan fingerprint density at radius 3 is 2.42 bits per heavy atom. The van der Waals surface area contributed by atoms with Gasteiger partial charge in [0.15, 0.2) is 0 Å². The van der Waals surface area contributed by atoms with Gasteiger partial charge in [0, 0.05) is 35.2 Å². The molecule has 19 heavy (non-hydrogen) atoms. The lowest BCUT2D eigenvalue weighted by atomic mass is 10.1. The molecule has 2 rings (SSSR count). The Morgan fingerprint density at radius 1 is 1.32 bits per heavy atom. The second kappa shape index (κ2) is 6.73. The highest BCUT2D eigenvalue weighted by molar-refractivity contribution is 9.10. The number of halogens is 2. The van der Waals surface area contributed by atoms with Gasteiger partial charge in [0.05, 0.1) is 0 Å². The summed E-state index contributed by atoms with van der Waals surface area (Å²) in [7, 11) is 0. The monoisotopic (exact) mass is 346 g/mol. The van der Waals surface area contributed by atoms with E-state index in [-0.39, 0.29) is 18.3 Å². The minimum Gasteiger partial charge on any atom is -0.336 e. The number of nitrogens with one attached hydrogen (secondary N) is 1. The minimum atomic E-state index is 0. The highest BCUT2D eigenvalue weighted by Crippen LogP contribution is 2.19. The van der Waals surface area contributed by atoms with E-state index in [2.05, 4.69) is 35.1 Å². The lowest BCUT2D eigenvalue weighted by Crippen LogP contribution is -2.55. The van der Waals surface area contributed by atoms with Gasteiger partial charge in [-0.05, 0) is 44.5 Å². The molecule has 2 atom stereocenters. The number of nitrogens with zero attached hydrogens (tertiary/aromatic N) is 1. The molecule has 1 N–H and O–H groups in total. The lowest BCUT2D eigenvalue weighted by molar-refractivity contribution is 0.0673. The Kier molecular flexibility index (Phi) is 5.83. The third-order valence-corrected chi connectivity index (χ3v) is 4.14. The van der Waals surface area contributed by atoms with E-state index >= 15 is 0 Å². The van der Waals surface area contributed by atoms with E-state index in [1.807, 2.05) is 30.0 Å². The van der Waals surface area contributed by atoms with E-state index in [0.717, 1.165) is 28.7 Å². The van der Waals surface area contributed by atoms with Crippen LogP contribution in [0.5, 0.6) is 0 Å². The lowest BCUT2D eigenvalue weighted by Gasteiger charge is -2.36. The average Bonchev–Trinajstić information content (AvgIpc) is 2.30. The molecule has 1 aliphatic rings. The first-order chi connectivity index (χ1) is 8.47. The molecule has 0 aromatic heterocycles. The van der Waals surface area contributed by atoms with Crippen LogP contribution in [0.4, 0.5) is 0 Å². The van der Waals surface area contributed by atoms with Crippen LogP contribution in [0.1, 0.15) is 29.8 Å². The van der Waals surface area contributed by atoms with Gasteiger partial charge in [-0.15, -0.1) is 12.4 Å². The maximum Gasteiger partial charge on any atom is 0.253 e. The fourth-order valence-electron chi connectivity index (χ4n) is 2.45. The maximum absolute atomic E-state index is 12.4. The summed E-state index contributed by atoms with van der Waals surface area (Å²) in [6.07, 6.45) is 0. The molecule has 0 saturated carbocycles. The van der Waals surface area contributed by atoms with E-state index in [1.54, 1.807) is 0 Å². The van der Waals surface area contributed by atoms with Crippen LogP contribution in [0.15, 0.2) is 22.7 Å². The number of rotatable bonds is 1. The molecule has 0 spiro atoms. The molecule has 106 valence electrons. The average molecular weight is 348 g/mol. The van der Waals surface area contributed by atoms with E-state index in [0.29, 0.717) is 12.1 Å². The molecule has 0 aliphatic carbocycles. The fourth-order valence-corrected chi connectivity index (χ4v) is 2.70. The van der Waals surface area contributed by atoms with Gasteiger partial charge < -0.3 is 10.2 Å². The minimum absolute atomic E-state index is 0. The Labute approximate surface area is 129 Å². The third-order valence-electron chi connectivity index (χ3n) is 3.25. The van der Waals surface area contributed by atoms with E-state index in [4.69, 9.17) is 0 Å². The maximum atomic E-state index is 12.4. The summed E-state index contributed by atoms with van der Waals surface area (Å²) in [5.74, 6) is 0.130. The van der Waals surface area contributed by atoms with Gasteiger partial charge in [-0.2, -0.15) is 0 Å². The van der Waals surface area contributed by atoms with Crippen molar-refractivity contribution in [1.29, 1.82) is 0 Å². The molecule has 3 nitrogen and oxygen atoms in total. The number of benzene rings is 1. The summed E-state index contributed by atoms with van der Waals surface area (Å²) < 4.78 is 1.04. The number of aryl methyl sites for hydroxylation is 1. The SMILES string of the molecule is Cc1cc(C(=O)N2CC(C)NC(C)C2)ccc1Br.Cl. The van der Waals surface area contributed by atoms with Gasteiger partial charge in [0.2, 0.25) is 0 Å². The zero-order valence-electron chi connectivity index (χ0n) is 11.4. The second-order valence-corrected chi connectivity index (χ2v) is 6.00. The molecule has 1 amide bonds. The van der Waals surface area contributed by atoms with Crippen molar-refractivity contribution in [3.05, 3.63) is 33.8 Å². The molecule has 1 saturated heterocycles. The largest absolute Gasteiger partial charge is 0.336 e. The number of piperazine rings is 1. The van der Waals surface area contributed by atoms with Crippen LogP contribution in [0.3, 0.4) is 0 Å².